The van der Waals surface area contributed by atoms with E-state index in [9.17, 15) is 8.42 Å². The minimum atomic E-state index is -3.49. The molecule has 0 aromatic carbocycles. The van der Waals surface area contributed by atoms with E-state index < -0.39 is 9.84 Å². The van der Waals surface area contributed by atoms with E-state index in [0.717, 1.165) is 23.9 Å². The first-order chi connectivity index (χ1) is 11.4. The summed E-state index contributed by atoms with van der Waals surface area (Å²) in [6.07, 6.45) is 9.57. The van der Waals surface area contributed by atoms with Crippen molar-refractivity contribution in [1.82, 2.24) is 24.1 Å². The lowest BCUT2D eigenvalue weighted by atomic mass is 10.2. The highest BCUT2D eigenvalue weighted by atomic mass is 32.2. The number of aryl methyl sites for hydroxylation is 2. The number of rotatable bonds is 6. The Morgan fingerprint density at radius 1 is 1.25 bits per heavy atom. The van der Waals surface area contributed by atoms with Gasteiger partial charge in [0.15, 0.2) is 20.5 Å². The minimum Gasteiger partial charge on any atom is -0.385 e. The van der Waals surface area contributed by atoms with Crippen LogP contribution in [-0.2, 0) is 28.0 Å². The third-order valence-corrected chi connectivity index (χ3v) is 4.62. The van der Waals surface area contributed by atoms with Crippen molar-refractivity contribution in [3.8, 4) is 11.3 Å². The van der Waals surface area contributed by atoms with E-state index in [4.69, 9.17) is 4.74 Å². The zero-order chi connectivity index (χ0) is 17.3. The SMILES string of the molecule is COCCCc1cn2c(-c3cnn(C)c3)cnc2c(S(C)(=O)=O)n1. The van der Waals surface area contributed by atoms with Crippen molar-refractivity contribution in [3.05, 3.63) is 30.5 Å². The van der Waals surface area contributed by atoms with Crippen LogP contribution in [-0.4, -0.2) is 52.5 Å². The van der Waals surface area contributed by atoms with Gasteiger partial charge in [-0.3, -0.25) is 9.08 Å². The molecule has 0 radical (unpaired) electrons. The van der Waals surface area contributed by atoms with Crippen LogP contribution in [0, 0.1) is 0 Å². The zero-order valence-corrected chi connectivity index (χ0v) is 14.6. The molecule has 3 aromatic heterocycles. The standard InChI is InChI=1S/C15H19N5O3S/c1-19-9-11(7-17-19)13-8-16-14-15(24(3,21)22)18-12(10-20(13)14)5-4-6-23-2/h7-10H,4-6H2,1-3H3. The van der Waals surface area contributed by atoms with Crippen LogP contribution in [0.4, 0.5) is 0 Å². The Hall–Kier alpha value is -2.26. The highest BCUT2D eigenvalue weighted by molar-refractivity contribution is 7.90. The van der Waals surface area contributed by atoms with E-state index in [1.54, 1.807) is 28.6 Å². The molecule has 0 aliphatic rings. The number of hydrogen-bond donors (Lipinski definition) is 0. The third kappa shape index (κ3) is 3.17. The number of ether oxygens (including phenoxy) is 1. The molecule has 0 aliphatic carbocycles. The number of methoxy groups -OCH3 is 1. The fourth-order valence-electron chi connectivity index (χ4n) is 2.54. The molecule has 3 aromatic rings. The summed E-state index contributed by atoms with van der Waals surface area (Å²) in [5.74, 6) is 0. The molecule has 3 heterocycles. The second-order valence-corrected chi connectivity index (χ2v) is 7.58. The minimum absolute atomic E-state index is 0.00689. The normalized spacial score (nSPS) is 12.1. The van der Waals surface area contributed by atoms with Crippen LogP contribution in [0.2, 0.25) is 0 Å². The van der Waals surface area contributed by atoms with Gasteiger partial charge in [-0.2, -0.15) is 5.10 Å². The largest absolute Gasteiger partial charge is 0.385 e. The van der Waals surface area contributed by atoms with Gasteiger partial charge in [0, 0.05) is 45.0 Å². The number of nitrogens with zero attached hydrogens (tertiary/aromatic N) is 5. The summed E-state index contributed by atoms with van der Waals surface area (Å²) in [6, 6.07) is 0. The Bertz CT molecular complexity index is 974. The molecule has 0 saturated carbocycles. The van der Waals surface area contributed by atoms with E-state index >= 15 is 0 Å². The molecule has 8 nitrogen and oxygen atoms in total. The fourth-order valence-corrected chi connectivity index (χ4v) is 3.31. The molecule has 0 unspecified atom stereocenters. The van der Waals surface area contributed by atoms with Gasteiger partial charge in [-0.15, -0.1) is 0 Å². The quantitative estimate of drug-likeness (QED) is 0.619. The molecule has 0 saturated heterocycles. The molecule has 0 N–H and O–H groups in total. The van der Waals surface area contributed by atoms with Crippen molar-refractivity contribution >= 4 is 15.5 Å². The van der Waals surface area contributed by atoms with Crippen molar-refractivity contribution in [3.63, 3.8) is 0 Å². The van der Waals surface area contributed by atoms with Crippen LogP contribution >= 0.6 is 0 Å². The molecule has 9 heteroatoms. The van der Waals surface area contributed by atoms with Crippen LogP contribution in [0.25, 0.3) is 16.9 Å². The first kappa shape index (κ1) is 16.6. The van der Waals surface area contributed by atoms with E-state index in [0.29, 0.717) is 24.4 Å². The van der Waals surface area contributed by atoms with Gasteiger partial charge in [0.05, 0.1) is 23.8 Å². The maximum Gasteiger partial charge on any atom is 0.198 e. The van der Waals surface area contributed by atoms with Gasteiger partial charge >= 0.3 is 0 Å². The van der Waals surface area contributed by atoms with Crippen LogP contribution in [0.15, 0.2) is 29.8 Å². The molecule has 0 aliphatic heterocycles. The molecular formula is C15H19N5O3S. The number of imidazole rings is 1. The van der Waals surface area contributed by atoms with E-state index in [2.05, 4.69) is 15.1 Å². The molecule has 0 spiro atoms. The van der Waals surface area contributed by atoms with E-state index in [-0.39, 0.29) is 5.03 Å². The van der Waals surface area contributed by atoms with Gasteiger partial charge < -0.3 is 4.74 Å². The summed E-state index contributed by atoms with van der Waals surface area (Å²) in [6.45, 7) is 0.591. The lowest BCUT2D eigenvalue weighted by molar-refractivity contribution is 0.195. The summed E-state index contributed by atoms with van der Waals surface area (Å²) in [4.78, 5) is 8.58. The average Bonchev–Trinajstić information content (AvgIpc) is 3.11. The third-order valence-electron chi connectivity index (χ3n) is 3.64. The zero-order valence-electron chi connectivity index (χ0n) is 13.8. The summed E-state index contributed by atoms with van der Waals surface area (Å²) < 4.78 is 32.8. The van der Waals surface area contributed by atoms with Crippen molar-refractivity contribution in [2.75, 3.05) is 20.0 Å². The number of hydrogen-bond acceptors (Lipinski definition) is 6. The monoisotopic (exact) mass is 349 g/mol. The second-order valence-electron chi connectivity index (χ2n) is 5.65. The van der Waals surface area contributed by atoms with Gasteiger partial charge in [0.25, 0.3) is 0 Å². The first-order valence-corrected chi connectivity index (χ1v) is 9.34. The highest BCUT2D eigenvalue weighted by Gasteiger charge is 2.20. The number of fused-ring (bicyclic) bond motifs is 1. The van der Waals surface area contributed by atoms with Gasteiger partial charge in [-0.05, 0) is 12.8 Å². The van der Waals surface area contributed by atoms with Gasteiger partial charge in [0.1, 0.15) is 0 Å². The summed E-state index contributed by atoms with van der Waals surface area (Å²) in [5.41, 5.74) is 2.65. The predicted octanol–water partition coefficient (Wildman–Crippen LogP) is 1.11. The number of sulfone groups is 1. The van der Waals surface area contributed by atoms with Crippen molar-refractivity contribution in [2.45, 2.75) is 17.9 Å². The summed E-state index contributed by atoms with van der Waals surface area (Å²) in [5, 5.41) is 4.15. The molecular weight excluding hydrogens is 330 g/mol. The lowest BCUT2D eigenvalue weighted by Gasteiger charge is -2.07. The second kappa shape index (κ2) is 6.33. The molecule has 0 amide bonds. The predicted molar refractivity (Wildman–Crippen MR) is 88.5 cm³/mol. The van der Waals surface area contributed by atoms with Crippen LogP contribution in [0.3, 0.4) is 0 Å². The summed E-state index contributed by atoms with van der Waals surface area (Å²) in [7, 11) is -0.0330. The molecule has 0 bridgehead atoms. The topological polar surface area (TPSA) is 91.4 Å². The van der Waals surface area contributed by atoms with Gasteiger partial charge in [0.2, 0.25) is 0 Å². The van der Waals surface area contributed by atoms with Gasteiger partial charge in [-0.1, -0.05) is 0 Å². The van der Waals surface area contributed by atoms with E-state index in [1.807, 2.05) is 19.4 Å². The smallest absolute Gasteiger partial charge is 0.198 e. The van der Waals surface area contributed by atoms with Crippen molar-refractivity contribution < 1.29 is 13.2 Å². The Balaban J connectivity index is 2.17. The Labute approximate surface area is 140 Å². The summed E-state index contributed by atoms with van der Waals surface area (Å²) >= 11 is 0. The first-order valence-electron chi connectivity index (χ1n) is 7.45. The molecule has 128 valence electrons. The lowest BCUT2D eigenvalue weighted by Crippen LogP contribution is -2.08. The van der Waals surface area contributed by atoms with Gasteiger partial charge in [-0.25, -0.2) is 18.4 Å². The van der Waals surface area contributed by atoms with Crippen LogP contribution < -0.4 is 0 Å². The van der Waals surface area contributed by atoms with Crippen molar-refractivity contribution in [1.29, 1.82) is 0 Å². The molecule has 24 heavy (non-hydrogen) atoms. The maximum absolute atomic E-state index is 12.1. The van der Waals surface area contributed by atoms with Crippen molar-refractivity contribution in [2.24, 2.45) is 7.05 Å². The molecule has 0 fully saturated rings. The van der Waals surface area contributed by atoms with E-state index in [1.165, 1.54) is 0 Å². The Kier molecular flexibility index (Phi) is 4.37. The Morgan fingerprint density at radius 3 is 2.67 bits per heavy atom. The number of aromatic nitrogens is 5. The van der Waals surface area contributed by atoms with Crippen LogP contribution in [0.5, 0.6) is 0 Å². The van der Waals surface area contributed by atoms with Crippen LogP contribution in [0.1, 0.15) is 12.1 Å². The highest BCUT2D eigenvalue weighted by Crippen LogP contribution is 2.24. The fraction of sp³-hybridized carbons (Fsp3) is 0.400. The maximum atomic E-state index is 12.1. The molecule has 3 rings (SSSR count). The average molecular weight is 349 g/mol. The Morgan fingerprint density at radius 2 is 2.04 bits per heavy atom. The molecule has 0 atom stereocenters.